The Morgan fingerprint density at radius 3 is 2.50 bits per heavy atom. The molecule has 2 aliphatic heterocycles. The molecule has 0 bridgehead atoms. The van der Waals surface area contributed by atoms with Crippen LogP contribution in [0.5, 0.6) is 5.75 Å². The number of ether oxygens (including phenoxy) is 1. The Balaban J connectivity index is 1.58. The average molecular weight is 403 g/mol. The number of phenols is 1. The number of benzene rings is 2. The summed E-state index contributed by atoms with van der Waals surface area (Å²) in [5.74, 6) is 0.499. The highest BCUT2D eigenvalue weighted by atomic mass is 16.5. The van der Waals surface area contributed by atoms with E-state index in [1.807, 2.05) is 30.3 Å². The fourth-order valence-electron chi connectivity index (χ4n) is 5.07. The van der Waals surface area contributed by atoms with Gasteiger partial charge in [0, 0.05) is 6.54 Å². The van der Waals surface area contributed by atoms with Gasteiger partial charge in [0.05, 0.1) is 17.5 Å². The summed E-state index contributed by atoms with van der Waals surface area (Å²) in [5.41, 5.74) is 2.28. The summed E-state index contributed by atoms with van der Waals surface area (Å²) in [6.07, 6.45) is 2.42. The number of hydrogen-bond donors (Lipinski definition) is 1. The van der Waals surface area contributed by atoms with Crippen LogP contribution in [0.25, 0.3) is 0 Å². The van der Waals surface area contributed by atoms with E-state index < -0.39 is 6.04 Å². The second-order valence-electron chi connectivity index (χ2n) is 8.70. The van der Waals surface area contributed by atoms with Gasteiger partial charge in [-0.2, -0.15) is 0 Å². The van der Waals surface area contributed by atoms with Gasteiger partial charge in [-0.15, -0.1) is 0 Å². The number of phenolic OH excluding ortho intramolecular Hbond substituents is 1. The first-order valence-corrected chi connectivity index (χ1v) is 10.6. The van der Waals surface area contributed by atoms with Crippen molar-refractivity contribution in [3.63, 3.8) is 0 Å². The molecular weight excluding hydrogens is 378 g/mol. The molecular formula is C25H25NO4. The Labute approximate surface area is 176 Å². The van der Waals surface area contributed by atoms with E-state index in [1.165, 1.54) is 0 Å². The summed E-state index contributed by atoms with van der Waals surface area (Å²) < 4.78 is 6.21. The monoisotopic (exact) mass is 403 g/mol. The zero-order chi connectivity index (χ0) is 20.8. The van der Waals surface area contributed by atoms with Gasteiger partial charge >= 0.3 is 0 Å². The lowest BCUT2D eigenvalue weighted by atomic mass is 9.74. The first-order valence-electron chi connectivity index (χ1n) is 10.6. The molecule has 0 saturated heterocycles. The lowest BCUT2D eigenvalue weighted by molar-refractivity contribution is -0.136. The predicted octanol–water partition coefficient (Wildman–Crippen LogP) is 4.13. The van der Waals surface area contributed by atoms with Crippen molar-refractivity contribution in [3.8, 4) is 5.75 Å². The number of amides is 1. The minimum atomic E-state index is -0.501. The van der Waals surface area contributed by atoms with E-state index in [2.05, 4.69) is 6.92 Å². The zero-order valence-electron chi connectivity index (χ0n) is 17.0. The molecule has 2 heterocycles. The Morgan fingerprint density at radius 1 is 1.03 bits per heavy atom. The fourth-order valence-corrected chi connectivity index (χ4v) is 5.07. The Hall–Kier alpha value is -3.08. The molecule has 1 saturated carbocycles. The quantitative estimate of drug-likeness (QED) is 0.837. The van der Waals surface area contributed by atoms with Crippen LogP contribution in [-0.2, 0) is 20.9 Å². The van der Waals surface area contributed by atoms with Gasteiger partial charge < -0.3 is 14.7 Å². The molecule has 2 aromatic carbocycles. The van der Waals surface area contributed by atoms with Crippen LogP contribution in [0.1, 0.15) is 43.4 Å². The predicted molar refractivity (Wildman–Crippen MR) is 111 cm³/mol. The molecule has 1 aliphatic carbocycles. The summed E-state index contributed by atoms with van der Waals surface area (Å²) in [4.78, 5) is 28.8. The molecule has 2 aromatic rings. The van der Waals surface area contributed by atoms with Gasteiger partial charge in [0.25, 0.3) is 5.91 Å². The number of Topliss-reactive ketones (excluding diaryl/α,β-unsaturated/α-hetero) is 1. The fraction of sp³-hybridized carbons (Fsp3) is 0.360. The molecule has 30 heavy (non-hydrogen) atoms. The first-order chi connectivity index (χ1) is 14.5. The summed E-state index contributed by atoms with van der Waals surface area (Å²) in [7, 11) is 0. The van der Waals surface area contributed by atoms with E-state index >= 15 is 0 Å². The molecule has 154 valence electrons. The van der Waals surface area contributed by atoms with E-state index in [-0.39, 0.29) is 35.2 Å². The second kappa shape index (κ2) is 7.31. The minimum Gasteiger partial charge on any atom is -0.508 e. The third kappa shape index (κ3) is 3.09. The molecule has 1 N–H and O–H groups in total. The van der Waals surface area contributed by atoms with Crippen molar-refractivity contribution < 1.29 is 19.4 Å². The molecule has 0 spiro atoms. The maximum absolute atomic E-state index is 13.6. The van der Waals surface area contributed by atoms with Gasteiger partial charge in [-0.3, -0.25) is 9.59 Å². The molecule has 4 unspecified atom stereocenters. The summed E-state index contributed by atoms with van der Waals surface area (Å²) in [6.45, 7) is 2.56. The molecule has 3 aliphatic rings. The Bertz CT molecular complexity index is 1010. The van der Waals surface area contributed by atoms with Crippen molar-refractivity contribution in [1.82, 2.24) is 4.90 Å². The van der Waals surface area contributed by atoms with E-state index in [0.717, 1.165) is 30.4 Å². The average Bonchev–Trinajstić information content (AvgIpc) is 3.02. The van der Waals surface area contributed by atoms with Crippen LogP contribution >= 0.6 is 0 Å². The highest BCUT2D eigenvalue weighted by Gasteiger charge is 2.52. The van der Waals surface area contributed by atoms with Crippen LogP contribution in [0.15, 0.2) is 65.9 Å². The van der Waals surface area contributed by atoms with Gasteiger partial charge in [-0.05, 0) is 48.4 Å². The lowest BCUT2D eigenvalue weighted by Crippen LogP contribution is -2.41. The maximum Gasteiger partial charge on any atom is 0.290 e. The SMILES string of the molecule is CC1CCC2OC3=C(C(=O)C2C1)C(c1ccc(O)cc1)N(Cc1ccccc1)C3=O. The van der Waals surface area contributed by atoms with E-state index in [4.69, 9.17) is 4.74 Å². The molecule has 1 fully saturated rings. The molecule has 0 radical (unpaired) electrons. The van der Waals surface area contributed by atoms with Gasteiger partial charge in [0.2, 0.25) is 0 Å². The van der Waals surface area contributed by atoms with Crippen molar-refractivity contribution in [3.05, 3.63) is 77.1 Å². The third-order valence-electron chi connectivity index (χ3n) is 6.61. The number of nitrogens with zero attached hydrogens (tertiary/aromatic N) is 1. The normalized spacial score (nSPS) is 28.2. The van der Waals surface area contributed by atoms with Crippen molar-refractivity contribution in [2.24, 2.45) is 11.8 Å². The topological polar surface area (TPSA) is 66.8 Å². The van der Waals surface area contributed by atoms with Crippen LogP contribution in [0.4, 0.5) is 0 Å². The van der Waals surface area contributed by atoms with Crippen LogP contribution in [0, 0.1) is 11.8 Å². The number of aromatic hydroxyl groups is 1. The van der Waals surface area contributed by atoms with Crippen LogP contribution in [-0.4, -0.2) is 27.8 Å². The number of hydrogen-bond acceptors (Lipinski definition) is 4. The summed E-state index contributed by atoms with van der Waals surface area (Å²) in [5, 5.41) is 9.74. The largest absolute Gasteiger partial charge is 0.508 e. The van der Waals surface area contributed by atoms with Crippen LogP contribution in [0.3, 0.4) is 0 Å². The molecule has 5 nitrogen and oxygen atoms in total. The van der Waals surface area contributed by atoms with Gasteiger partial charge in [-0.25, -0.2) is 0 Å². The van der Waals surface area contributed by atoms with Crippen molar-refractivity contribution in [2.45, 2.75) is 44.9 Å². The number of carbonyl (C=O) groups excluding carboxylic acids is 2. The zero-order valence-corrected chi connectivity index (χ0v) is 17.0. The van der Waals surface area contributed by atoms with Crippen LogP contribution in [0.2, 0.25) is 0 Å². The molecule has 4 atom stereocenters. The molecule has 0 aromatic heterocycles. The standard InChI is InChI=1S/C25H25NO4/c1-15-7-12-20-19(13-15)23(28)21-22(17-8-10-18(27)11-9-17)26(25(29)24(21)30-20)14-16-5-3-2-4-6-16/h2-6,8-11,15,19-20,22,27H,7,12-14H2,1H3. The van der Waals surface area contributed by atoms with Crippen molar-refractivity contribution in [1.29, 1.82) is 0 Å². The smallest absolute Gasteiger partial charge is 0.290 e. The van der Waals surface area contributed by atoms with E-state index in [9.17, 15) is 14.7 Å². The summed E-state index contributed by atoms with van der Waals surface area (Å²) >= 11 is 0. The highest BCUT2D eigenvalue weighted by Crippen LogP contribution is 2.48. The minimum absolute atomic E-state index is 0.0507. The number of rotatable bonds is 3. The Morgan fingerprint density at radius 2 is 1.77 bits per heavy atom. The van der Waals surface area contributed by atoms with Gasteiger partial charge in [0.1, 0.15) is 11.9 Å². The number of fused-ring (bicyclic) bond motifs is 1. The highest BCUT2D eigenvalue weighted by molar-refractivity contribution is 6.11. The number of carbonyl (C=O) groups is 2. The van der Waals surface area contributed by atoms with Gasteiger partial charge in [-0.1, -0.05) is 49.4 Å². The Kier molecular flexibility index (Phi) is 4.61. The molecule has 1 amide bonds. The van der Waals surface area contributed by atoms with E-state index in [0.29, 0.717) is 18.0 Å². The van der Waals surface area contributed by atoms with Crippen LogP contribution < -0.4 is 0 Å². The molecule has 5 rings (SSSR count). The second-order valence-corrected chi connectivity index (χ2v) is 8.70. The summed E-state index contributed by atoms with van der Waals surface area (Å²) in [6, 6.07) is 16.0. The van der Waals surface area contributed by atoms with Crippen molar-refractivity contribution in [2.75, 3.05) is 0 Å². The third-order valence-corrected chi connectivity index (χ3v) is 6.61. The maximum atomic E-state index is 13.6. The van der Waals surface area contributed by atoms with E-state index in [1.54, 1.807) is 29.2 Å². The molecule has 5 heteroatoms. The number of ketones is 1. The van der Waals surface area contributed by atoms with Crippen molar-refractivity contribution >= 4 is 11.7 Å². The van der Waals surface area contributed by atoms with Gasteiger partial charge in [0.15, 0.2) is 11.5 Å². The first kappa shape index (κ1) is 18.9. The lowest BCUT2D eigenvalue weighted by Gasteiger charge is -2.37.